The van der Waals surface area contributed by atoms with Crippen molar-refractivity contribution >= 4 is 45.9 Å². The Morgan fingerprint density at radius 3 is 1.83 bits per heavy atom. The summed E-state index contributed by atoms with van der Waals surface area (Å²) in [6.07, 6.45) is 0.481. The highest BCUT2D eigenvalue weighted by molar-refractivity contribution is 7.14. The van der Waals surface area contributed by atoms with Crippen molar-refractivity contribution in [3.05, 3.63) is 51.9 Å². The van der Waals surface area contributed by atoms with E-state index in [9.17, 15) is 29.8 Å². The number of aryl methyl sites for hydroxylation is 2. The van der Waals surface area contributed by atoms with Gasteiger partial charge in [-0.15, -0.1) is 22.7 Å². The van der Waals surface area contributed by atoms with Gasteiger partial charge in [0.1, 0.15) is 0 Å². The molecular weight excluding hydrogens is 420 g/mol. The molecule has 2 rings (SSSR count). The first-order valence-corrected chi connectivity index (χ1v) is 10.2. The van der Waals surface area contributed by atoms with E-state index in [0.717, 1.165) is 22.7 Å². The lowest BCUT2D eigenvalue weighted by molar-refractivity contribution is -0.385. The fraction of sp³-hybridized carbons (Fsp3) is 0.412. The largest absolute Gasteiger partial charge is 0.349 e. The molecule has 1 atom stereocenters. The zero-order valence-electron chi connectivity index (χ0n) is 16.2. The number of rotatable bonds is 8. The van der Waals surface area contributed by atoms with E-state index in [1.807, 2.05) is 6.92 Å². The van der Waals surface area contributed by atoms with Crippen LogP contribution in [0.5, 0.6) is 0 Å². The molecule has 12 heteroatoms. The first-order valence-electron chi connectivity index (χ1n) is 8.57. The van der Waals surface area contributed by atoms with E-state index < -0.39 is 27.2 Å². The lowest BCUT2D eigenvalue weighted by Gasteiger charge is -2.29. The lowest BCUT2D eigenvalue weighted by Crippen LogP contribution is -2.53. The number of hydrogen-bond acceptors (Lipinski definition) is 8. The van der Waals surface area contributed by atoms with Gasteiger partial charge in [-0.2, -0.15) is 0 Å². The standard InChI is InChI=1S/C17H20N4O6S2/c1-5-17(4,19-16(23)14-7-12(21(26)27)10(3)29-14)8-18-15(22)13-6-11(20(24)25)9(2)28-13/h6-7H,5,8H2,1-4H3,(H,18,22)(H,19,23). The highest BCUT2D eigenvalue weighted by Gasteiger charge is 2.29. The Bertz CT molecular complexity index is 983. The maximum Gasteiger partial charge on any atom is 0.283 e. The number of hydrogen-bond donors (Lipinski definition) is 2. The number of carbonyl (C=O) groups excluding carboxylic acids is 2. The summed E-state index contributed by atoms with van der Waals surface area (Å²) in [6.45, 7) is 6.79. The number of carbonyl (C=O) groups is 2. The van der Waals surface area contributed by atoms with Crippen LogP contribution in [0.2, 0.25) is 0 Å². The van der Waals surface area contributed by atoms with Crippen LogP contribution >= 0.6 is 22.7 Å². The van der Waals surface area contributed by atoms with Crippen molar-refractivity contribution in [3.8, 4) is 0 Å². The summed E-state index contributed by atoms with van der Waals surface area (Å²) < 4.78 is 0. The smallest absolute Gasteiger partial charge is 0.283 e. The van der Waals surface area contributed by atoms with Gasteiger partial charge in [0.15, 0.2) is 0 Å². The van der Waals surface area contributed by atoms with Crippen LogP contribution in [0.25, 0.3) is 0 Å². The molecular formula is C17H20N4O6S2. The molecule has 0 fully saturated rings. The van der Waals surface area contributed by atoms with Crippen LogP contribution < -0.4 is 10.6 Å². The predicted octanol–water partition coefficient (Wildman–Crippen LogP) is 3.57. The molecule has 10 nitrogen and oxygen atoms in total. The second kappa shape index (κ2) is 8.66. The first-order chi connectivity index (χ1) is 13.5. The van der Waals surface area contributed by atoms with E-state index in [0.29, 0.717) is 16.2 Å². The molecule has 0 aliphatic carbocycles. The first kappa shape index (κ1) is 22.4. The van der Waals surface area contributed by atoms with Crippen LogP contribution in [0.3, 0.4) is 0 Å². The second-order valence-corrected chi connectivity index (χ2v) is 9.18. The predicted molar refractivity (Wildman–Crippen MR) is 110 cm³/mol. The van der Waals surface area contributed by atoms with Gasteiger partial charge in [0.05, 0.1) is 34.9 Å². The van der Waals surface area contributed by atoms with Crippen molar-refractivity contribution in [3.63, 3.8) is 0 Å². The van der Waals surface area contributed by atoms with Crippen LogP contribution in [-0.4, -0.2) is 33.7 Å². The molecule has 156 valence electrons. The van der Waals surface area contributed by atoms with Gasteiger partial charge < -0.3 is 10.6 Å². The van der Waals surface area contributed by atoms with Crippen molar-refractivity contribution in [1.82, 2.24) is 10.6 Å². The molecule has 2 aromatic rings. The van der Waals surface area contributed by atoms with Crippen molar-refractivity contribution in [2.75, 3.05) is 6.54 Å². The molecule has 0 aliphatic heterocycles. The topological polar surface area (TPSA) is 144 Å². The zero-order chi connectivity index (χ0) is 21.9. The molecule has 2 N–H and O–H groups in total. The fourth-order valence-corrected chi connectivity index (χ4v) is 4.27. The quantitative estimate of drug-likeness (QED) is 0.474. The molecule has 0 aromatic carbocycles. The molecule has 0 bridgehead atoms. The Hall–Kier alpha value is -2.86. The molecule has 0 saturated heterocycles. The van der Waals surface area contributed by atoms with Gasteiger partial charge >= 0.3 is 0 Å². The minimum atomic E-state index is -0.808. The van der Waals surface area contributed by atoms with Crippen molar-refractivity contribution in [1.29, 1.82) is 0 Å². The maximum atomic E-state index is 12.5. The normalized spacial score (nSPS) is 12.8. The number of amides is 2. The van der Waals surface area contributed by atoms with E-state index >= 15 is 0 Å². The zero-order valence-corrected chi connectivity index (χ0v) is 17.9. The summed E-state index contributed by atoms with van der Waals surface area (Å²) in [6, 6.07) is 2.46. The molecule has 0 spiro atoms. The van der Waals surface area contributed by atoms with Crippen molar-refractivity contribution in [2.24, 2.45) is 0 Å². The number of nitrogens with zero attached hydrogens (tertiary/aromatic N) is 2. The maximum absolute atomic E-state index is 12.5. The van der Waals surface area contributed by atoms with Crippen LogP contribution in [0.4, 0.5) is 11.4 Å². The van der Waals surface area contributed by atoms with E-state index in [4.69, 9.17) is 0 Å². The Labute approximate surface area is 174 Å². The van der Waals surface area contributed by atoms with Crippen LogP contribution in [0.1, 0.15) is 49.4 Å². The van der Waals surface area contributed by atoms with Gasteiger partial charge in [-0.3, -0.25) is 29.8 Å². The SMILES string of the molecule is CCC(C)(CNC(=O)c1cc([N+](=O)[O-])c(C)s1)NC(=O)c1cc([N+](=O)[O-])c(C)s1. The van der Waals surface area contributed by atoms with Gasteiger partial charge in [-0.05, 0) is 27.2 Å². The van der Waals surface area contributed by atoms with E-state index in [1.165, 1.54) is 12.1 Å². The third kappa shape index (κ3) is 5.15. The Morgan fingerprint density at radius 2 is 1.45 bits per heavy atom. The third-order valence-electron chi connectivity index (χ3n) is 4.46. The second-order valence-electron chi connectivity index (χ2n) is 6.67. The number of nitro groups is 2. The van der Waals surface area contributed by atoms with Crippen molar-refractivity contribution in [2.45, 2.75) is 39.7 Å². The average molecular weight is 441 g/mol. The molecule has 0 saturated carbocycles. The summed E-state index contributed by atoms with van der Waals surface area (Å²) in [5, 5.41) is 27.4. The number of thiophene rings is 2. The minimum absolute atomic E-state index is 0.0886. The number of nitrogens with one attached hydrogen (secondary N) is 2. The van der Waals surface area contributed by atoms with E-state index in [1.54, 1.807) is 20.8 Å². The molecule has 0 aliphatic rings. The minimum Gasteiger partial charge on any atom is -0.349 e. The molecule has 29 heavy (non-hydrogen) atoms. The molecule has 1 unspecified atom stereocenters. The summed E-state index contributed by atoms with van der Waals surface area (Å²) in [5.74, 6) is -0.935. The molecule has 2 amide bonds. The lowest BCUT2D eigenvalue weighted by atomic mass is 9.98. The highest BCUT2D eigenvalue weighted by atomic mass is 32.1. The summed E-state index contributed by atoms with van der Waals surface area (Å²) in [4.78, 5) is 47.0. The average Bonchev–Trinajstić information content (AvgIpc) is 3.23. The summed E-state index contributed by atoms with van der Waals surface area (Å²) >= 11 is 2.05. The van der Waals surface area contributed by atoms with E-state index in [2.05, 4.69) is 10.6 Å². The molecule has 2 aromatic heterocycles. The van der Waals surface area contributed by atoms with Gasteiger partial charge in [0, 0.05) is 18.7 Å². The Morgan fingerprint density at radius 1 is 1.00 bits per heavy atom. The summed E-state index contributed by atoms with van der Waals surface area (Å²) in [7, 11) is 0. The van der Waals surface area contributed by atoms with Gasteiger partial charge in [0.2, 0.25) is 0 Å². The molecule has 0 radical (unpaired) electrons. The Balaban J connectivity index is 2.07. The fourth-order valence-electron chi connectivity index (χ4n) is 2.49. The van der Waals surface area contributed by atoms with Crippen molar-refractivity contribution < 1.29 is 19.4 Å². The summed E-state index contributed by atoms with van der Waals surface area (Å²) in [5.41, 5.74) is -1.03. The van der Waals surface area contributed by atoms with Crippen LogP contribution in [0, 0.1) is 34.1 Å². The van der Waals surface area contributed by atoms with E-state index in [-0.39, 0.29) is 27.7 Å². The van der Waals surface area contributed by atoms with Gasteiger partial charge in [-0.1, -0.05) is 6.92 Å². The molecule has 2 heterocycles. The van der Waals surface area contributed by atoms with Gasteiger partial charge in [0.25, 0.3) is 23.2 Å². The third-order valence-corrected chi connectivity index (χ3v) is 6.54. The monoisotopic (exact) mass is 440 g/mol. The van der Waals surface area contributed by atoms with Crippen LogP contribution in [0.15, 0.2) is 12.1 Å². The van der Waals surface area contributed by atoms with Crippen LogP contribution in [-0.2, 0) is 0 Å². The highest BCUT2D eigenvalue weighted by Crippen LogP contribution is 2.29. The Kier molecular flexibility index (Phi) is 6.69. The van der Waals surface area contributed by atoms with Gasteiger partial charge in [-0.25, -0.2) is 0 Å².